The van der Waals surface area contributed by atoms with Crippen molar-refractivity contribution in [1.82, 2.24) is 15.3 Å². The van der Waals surface area contributed by atoms with E-state index in [0.717, 1.165) is 24.5 Å². The third-order valence-corrected chi connectivity index (χ3v) is 5.93. The van der Waals surface area contributed by atoms with Gasteiger partial charge in [0, 0.05) is 17.7 Å². The molecule has 3 rings (SSSR count). The summed E-state index contributed by atoms with van der Waals surface area (Å²) in [5.41, 5.74) is 1.85. The van der Waals surface area contributed by atoms with Gasteiger partial charge in [-0.25, -0.2) is 22.8 Å². The molecule has 1 unspecified atom stereocenters. The number of anilines is 1. The highest BCUT2D eigenvalue weighted by Gasteiger charge is 2.34. The van der Waals surface area contributed by atoms with Crippen LogP contribution in [0.15, 0.2) is 35.9 Å². The molecule has 1 heterocycles. The number of carbonyl (C=O) groups is 1. The number of hydrogen-bond donors (Lipinski definition) is 2. The minimum absolute atomic E-state index is 0.0329. The summed E-state index contributed by atoms with van der Waals surface area (Å²) in [5.74, 6) is -0.698. The first kappa shape index (κ1) is 23.1. The van der Waals surface area contributed by atoms with E-state index in [9.17, 15) is 17.6 Å². The molecule has 0 saturated heterocycles. The molecule has 2 N–H and O–H groups in total. The van der Waals surface area contributed by atoms with Crippen molar-refractivity contribution in [1.29, 1.82) is 0 Å². The third kappa shape index (κ3) is 6.24. The Balaban J connectivity index is 1.75. The lowest BCUT2D eigenvalue weighted by Crippen LogP contribution is -2.32. The molecule has 0 aliphatic heterocycles. The van der Waals surface area contributed by atoms with Gasteiger partial charge >= 0.3 is 0 Å². The summed E-state index contributed by atoms with van der Waals surface area (Å²) in [6.07, 6.45) is 5.96. The van der Waals surface area contributed by atoms with Crippen LogP contribution in [0.5, 0.6) is 0 Å². The second-order valence-corrected chi connectivity index (χ2v) is 10.0. The van der Waals surface area contributed by atoms with E-state index < -0.39 is 27.6 Å². The van der Waals surface area contributed by atoms with Gasteiger partial charge in [-0.3, -0.25) is 4.79 Å². The highest BCUT2D eigenvalue weighted by atomic mass is 35.5. The predicted molar refractivity (Wildman–Crippen MR) is 118 cm³/mol. The predicted octanol–water partition coefficient (Wildman–Crippen LogP) is 3.82. The highest BCUT2D eigenvalue weighted by molar-refractivity contribution is 7.93. The molecule has 0 spiro atoms. The smallest absolute Gasteiger partial charge is 0.289 e. The van der Waals surface area contributed by atoms with Crippen molar-refractivity contribution in [2.75, 3.05) is 11.6 Å². The van der Waals surface area contributed by atoms with Gasteiger partial charge in [0.15, 0.2) is 9.84 Å². The van der Waals surface area contributed by atoms with Crippen LogP contribution in [0.3, 0.4) is 0 Å². The van der Waals surface area contributed by atoms with E-state index in [1.54, 1.807) is 26.0 Å². The number of hydrogen-bond acceptors (Lipinski definition) is 6. The van der Waals surface area contributed by atoms with Crippen LogP contribution in [-0.4, -0.2) is 36.6 Å². The van der Waals surface area contributed by atoms with Crippen LogP contribution in [0, 0.1) is 18.7 Å². The van der Waals surface area contributed by atoms with Gasteiger partial charge in [-0.05, 0) is 44.2 Å². The Morgan fingerprint density at radius 2 is 2.06 bits per heavy atom. The Hall–Kier alpha value is -2.52. The number of carbonyl (C=O) groups excluding carboxylic acids is 1. The quantitative estimate of drug-likeness (QED) is 0.613. The fraction of sp³-hybridized carbons (Fsp3) is 0.381. The number of nitrogens with one attached hydrogen (secondary N) is 2. The van der Waals surface area contributed by atoms with Crippen LogP contribution in [0.4, 0.5) is 10.1 Å². The number of aromatic nitrogens is 2. The molecule has 10 heteroatoms. The standard InChI is InChI=1S/C21H24ClFN4O3S/c1-12(9-10-31(3,29)30)25-21(28)20-24-11-17(13(2)26-20)27-19(14-7-8-14)15-5-4-6-16(23)18(15)22/h4-6,9-12,14,19,27H,7-8H2,1-3H3,(H,25,28)/b10-9+/t12-,19?/m1/s1. The molecule has 2 atom stereocenters. The molecule has 1 aliphatic carbocycles. The number of benzene rings is 1. The highest BCUT2D eigenvalue weighted by Crippen LogP contribution is 2.45. The Bertz CT molecular complexity index is 1120. The molecule has 0 radical (unpaired) electrons. The molecule has 2 aromatic rings. The Labute approximate surface area is 186 Å². The molecule has 1 fully saturated rings. The first-order chi connectivity index (χ1) is 14.5. The molecule has 0 bridgehead atoms. The first-order valence-corrected chi connectivity index (χ1v) is 12.1. The van der Waals surface area contributed by atoms with E-state index in [1.807, 2.05) is 0 Å². The average molecular weight is 467 g/mol. The molecule has 1 aliphatic rings. The van der Waals surface area contributed by atoms with Crippen LogP contribution in [0.2, 0.25) is 5.02 Å². The molecule has 7 nitrogen and oxygen atoms in total. The maximum atomic E-state index is 13.9. The summed E-state index contributed by atoms with van der Waals surface area (Å²) in [6.45, 7) is 3.39. The summed E-state index contributed by atoms with van der Waals surface area (Å²) in [6, 6.07) is 4.04. The van der Waals surface area contributed by atoms with Crippen LogP contribution < -0.4 is 10.6 Å². The van der Waals surface area contributed by atoms with E-state index in [1.165, 1.54) is 18.3 Å². The van der Waals surface area contributed by atoms with Crippen molar-refractivity contribution >= 4 is 33.0 Å². The summed E-state index contributed by atoms with van der Waals surface area (Å²) in [7, 11) is -3.28. The van der Waals surface area contributed by atoms with Crippen molar-refractivity contribution in [2.45, 2.75) is 38.8 Å². The fourth-order valence-electron chi connectivity index (χ4n) is 3.11. The molecule has 1 amide bonds. The zero-order valence-electron chi connectivity index (χ0n) is 17.4. The molecule has 31 heavy (non-hydrogen) atoms. The fourth-order valence-corrected chi connectivity index (χ4v) is 3.87. The van der Waals surface area contributed by atoms with E-state index in [2.05, 4.69) is 20.6 Å². The number of amides is 1. The maximum absolute atomic E-state index is 13.9. The van der Waals surface area contributed by atoms with Crippen LogP contribution in [-0.2, 0) is 9.84 Å². The van der Waals surface area contributed by atoms with Crippen LogP contribution >= 0.6 is 11.6 Å². The first-order valence-electron chi connectivity index (χ1n) is 9.78. The van der Waals surface area contributed by atoms with Gasteiger partial charge in [0.25, 0.3) is 5.91 Å². The molecular formula is C21H24ClFN4O3S. The van der Waals surface area contributed by atoms with E-state index in [4.69, 9.17) is 11.6 Å². The van der Waals surface area contributed by atoms with Gasteiger partial charge in [0.05, 0.1) is 28.6 Å². The number of sulfone groups is 1. The molecule has 166 valence electrons. The second kappa shape index (κ2) is 9.32. The molecule has 1 saturated carbocycles. The number of aryl methyl sites for hydroxylation is 1. The van der Waals surface area contributed by atoms with Crippen LogP contribution in [0.1, 0.15) is 47.7 Å². The zero-order chi connectivity index (χ0) is 22.8. The van der Waals surface area contributed by atoms with Gasteiger partial charge in [0.1, 0.15) is 5.82 Å². The average Bonchev–Trinajstić information content (AvgIpc) is 3.52. The van der Waals surface area contributed by atoms with Gasteiger partial charge in [-0.1, -0.05) is 29.8 Å². The van der Waals surface area contributed by atoms with E-state index >= 15 is 0 Å². The number of rotatable bonds is 8. The molecule has 1 aromatic carbocycles. The lowest BCUT2D eigenvalue weighted by Gasteiger charge is -2.22. The van der Waals surface area contributed by atoms with Crippen molar-refractivity contribution in [3.05, 3.63) is 63.8 Å². The van der Waals surface area contributed by atoms with Crippen LogP contribution in [0.25, 0.3) is 0 Å². The minimum atomic E-state index is -3.28. The molecular weight excluding hydrogens is 443 g/mol. The number of nitrogens with zero attached hydrogens (tertiary/aromatic N) is 2. The van der Waals surface area contributed by atoms with Crippen molar-refractivity contribution in [2.24, 2.45) is 5.92 Å². The lowest BCUT2D eigenvalue weighted by atomic mass is 10.0. The Morgan fingerprint density at radius 3 is 2.68 bits per heavy atom. The van der Waals surface area contributed by atoms with Gasteiger partial charge in [0.2, 0.25) is 5.82 Å². The van der Waals surface area contributed by atoms with Gasteiger partial charge < -0.3 is 10.6 Å². The van der Waals surface area contributed by atoms with Crippen molar-refractivity contribution in [3.8, 4) is 0 Å². The second-order valence-electron chi connectivity index (χ2n) is 7.72. The summed E-state index contributed by atoms with van der Waals surface area (Å²) in [4.78, 5) is 20.8. The van der Waals surface area contributed by atoms with Crippen molar-refractivity contribution in [3.63, 3.8) is 0 Å². The maximum Gasteiger partial charge on any atom is 0.289 e. The number of halogens is 2. The van der Waals surface area contributed by atoms with Gasteiger partial charge in [-0.15, -0.1) is 0 Å². The van der Waals surface area contributed by atoms with E-state index in [0.29, 0.717) is 22.9 Å². The molecule has 1 aromatic heterocycles. The minimum Gasteiger partial charge on any atom is -0.375 e. The summed E-state index contributed by atoms with van der Waals surface area (Å²) in [5, 5.41) is 7.11. The zero-order valence-corrected chi connectivity index (χ0v) is 19.0. The largest absolute Gasteiger partial charge is 0.375 e. The lowest BCUT2D eigenvalue weighted by molar-refractivity contribution is 0.0936. The topological polar surface area (TPSA) is 101 Å². The van der Waals surface area contributed by atoms with Gasteiger partial charge in [-0.2, -0.15) is 0 Å². The van der Waals surface area contributed by atoms with E-state index in [-0.39, 0.29) is 16.9 Å². The monoisotopic (exact) mass is 466 g/mol. The Morgan fingerprint density at radius 1 is 1.35 bits per heavy atom. The van der Waals surface area contributed by atoms with Crippen molar-refractivity contribution < 1.29 is 17.6 Å². The summed E-state index contributed by atoms with van der Waals surface area (Å²) >= 11 is 6.19. The Kier molecular flexibility index (Phi) is 6.96. The SMILES string of the molecule is Cc1nc(C(=O)N[C@H](C)/C=C/S(C)(=O)=O)ncc1NC(c1cccc(F)c1Cl)C1CC1. The normalized spacial score (nSPS) is 16.2. The summed E-state index contributed by atoms with van der Waals surface area (Å²) < 4.78 is 36.3. The third-order valence-electron chi connectivity index (χ3n) is 4.88.